The lowest BCUT2D eigenvalue weighted by Crippen LogP contribution is -2.65. The molecule has 0 aliphatic heterocycles. The van der Waals surface area contributed by atoms with Crippen LogP contribution in [0.1, 0.15) is 63.4 Å². The molecule has 1 aromatic carbocycles. The van der Waals surface area contributed by atoms with E-state index >= 15 is 8.78 Å². The quantitative estimate of drug-likeness (QED) is 0.222. The summed E-state index contributed by atoms with van der Waals surface area (Å²) in [5.41, 5.74) is -4.03. The number of rotatable bonds is 7. The molecule has 1 N–H and O–H groups in total. The summed E-state index contributed by atoms with van der Waals surface area (Å²) >= 11 is 0. The van der Waals surface area contributed by atoms with Crippen LogP contribution in [0.25, 0.3) is 0 Å². The zero-order valence-corrected chi connectivity index (χ0v) is 26.2. The van der Waals surface area contributed by atoms with E-state index in [0.717, 1.165) is 19.1 Å². The molecule has 0 unspecified atom stereocenters. The second-order valence-corrected chi connectivity index (χ2v) is 14.8. The molecule has 5 atom stereocenters. The van der Waals surface area contributed by atoms with E-state index in [2.05, 4.69) is 4.18 Å². The van der Waals surface area contributed by atoms with Gasteiger partial charge in [0.2, 0.25) is 0 Å². The first-order valence-corrected chi connectivity index (χ1v) is 16.3. The van der Waals surface area contributed by atoms with Crippen molar-refractivity contribution in [3.63, 3.8) is 0 Å². The van der Waals surface area contributed by atoms with Gasteiger partial charge in [-0.15, -0.1) is 0 Å². The van der Waals surface area contributed by atoms with Gasteiger partial charge in [0, 0.05) is 17.8 Å². The van der Waals surface area contributed by atoms with Crippen molar-refractivity contribution in [2.45, 2.75) is 98.8 Å². The van der Waals surface area contributed by atoms with Gasteiger partial charge in [0.05, 0.1) is 0 Å². The summed E-state index contributed by atoms with van der Waals surface area (Å²) in [6, 6.07) is 2.78. The minimum absolute atomic E-state index is 0.00894. The van der Waals surface area contributed by atoms with Crippen molar-refractivity contribution in [2.75, 3.05) is 0 Å². The highest BCUT2D eigenvalue weighted by Crippen LogP contribution is 2.70. The molecule has 50 heavy (non-hydrogen) atoms. The Morgan fingerprint density at radius 2 is 1.38 bits per heavy atom. The topological polar surface area (TPSA) is 80.7 Å². The fraction of sp³-hybridized carbons (Fsp3) is 0.633. The predicted octanol–water partition coefficient (Wildman–Crippen LogP) is 8.65. The van der Waals surface area contributed by atoms with Crippen LogP contribution in [0.15, 0.2) is 47.1 Å². The average molecular weight is 765 g/mol. The highest BCUT2D eigenvalue weighted by molar-refractivity contribution is 7.88. The van der Waals surface area contributed by atoms with E-state index in [1.807, 2.05) is 0 Å². The van der Waals surface area contributed by atoms with Crippen molar-refractivity contribution >= 4 is 15.9 Å². The molecule has 0 heterocycles. The summed E-state index contributed by atoms with van der Waals surface area (Å²) in [5, 5.41) is 4.12. The molecule has 4 aliphatic rings. The molecule has 0 amide bonds. The third kappa shape index (κ3) is 5.18. The van der Waals surface area contributed by atoms with Crippen LogP contribution in [0.4, 0.5) is 61.5 Å². The summed E-state index contributed by atoms with van der Waals surface area (Å²) in [7, 11) is -7.29. The molecule has 0 saturated heterocycles. The van der Waals surface area contributed by atoms with Gasteiger partial charge in [-0.1, -0.05) is 24.6 Å². The average Bonchev–Trinajstić information content (AvgIpc) is 3.26. The van der Waals surface area contributed by atoms with Gasteiger partial charge in [0.15, 0.2) is 5.78 Å². The molecule has 0 aromatic heterocycles. The first kappa shape index (κ1) is 38.3. The number of carbonyl (C=O) groups excluding carboxylic acids is 1. The highest BCUT2D eigenvalue weighted by atomic mass is 32.2. The second-order valence-electron chi connectivity index (χ2n) is 13.2. The predicted molar refractivity (Wildman–Crippen MR) is 143 cm³/mol. The lowest BCUT2D eigenvalue weighted by atomic mass is 9.50. The molecule has 4 aliphatic carbocycles. The van der Waals surface area contributed by atoms with Crippen LogP contribution >= 0.6 is 0 Å². The van der Waals surface area contributed by atoms with Crippen LogP contribution in [-0.4, -0.2) is 60.3 Å². The number of alkyl halides is 14. The Morgan fingerprint density at radius 3 is 1.92 bits per heavy atom. The molecular formula is C30H26F14O5S. The Hall–Kier alpha value is -2.90. The minimum atomic E-state index is -7.56. The van der Waals surface area contributed by atoms with E-state index in [-0.39, 0.29) is 43.5 Å². The van der Waals surface area contributed by atoms with Crippen LogP contribution in [0.2, 0.25) is 0 Å². The Morgan fingerprint density at radius 1 is 0.800 bits per heavy atom. The Balaban J connectivity index is 1.56. The third-order valence-corrected chi connectivity index (χ3v) is 12.0. The fourth-order valence-electron chi connectivity index (χ4n) is 8.17. The van der Waals surface area contributed by atoms with Gasteiger partial charge in [0.1, 0.15) is 11.4 Å². The van der Waals surface area contributed by atoms with E-state index in [9.17, 15) is 71.0 Å². The first-order chi connectivity index (χ1) is 22.5. The Bertz CT molecular complexity index is 1730. The summed E-state index contributed by atoms with van der Waals surface area (Å²) in [6.07, 6.45) is -13.2. The van der Waals surface area contributed by atoms with Gasteiger partial charge in [-0.2, -0.15) is 69.9 Å². The maximum Gasteiger partial charge on any atom is 0.460 e. The van der Waals surface area contributed by atoms with E-state index in [4.69, 9.17) is 0 Å². The summed E-state index contributed by atoms with van der Waals surface area (Å²) < 4.78 is 219. The number of carbonyl (C=O) groups is 1. The molecule has 5 nitrogen and oxygen atoms in total. The van der Waals surface area contributed by atoms with Crippen molar-refractivity contribution in [1.29, 1.82) is 0 Å². The Labute approximate surface area is 274 Å². The molecule has 2 fully saturated rings. The number of fused-ring (bicyclic) bond motifs is 4. The van der Waals surface area contributed by atoms with Crippen LogP contribution in [0.5, 0.6) is 5.75 Å². The van der Waals surface area contributed by atoms with Crippen molar-refractivity contribution < 1.29 is 84.0 Å². The number of hydrogen-bond acceptors (Lipinski definition) is 5. The minimum Gasteiger partial charge on any atom is -0.383 e. The van der Waals surface area contributed by atoms with Crippen LogP contribution < -0.4 is 4.18 Å². The molecule has 280 valence electrons. The van der Waals surface area contributed by atoms with Crippen LogP contribution in [0, 0.1) is 17.3 Å². The van der Waals surface area contributed by atoms with Crippen molar-refractivity contribution in [3.05, 3.63) is 52.6 Å². The monoisotopic (exact) mass is 764 g/mol. The zero-order valence-electron chi connectivity index (χ0n) is 25.3. The van der Waals surface area contributed by atoms with Gasteiger partial charge in [-0.3, -0.25) is 4.79 Å². The van der Waals surface area contributed by atoms with Gasteiger partial charge < -0.3 is 9.29 Å². The van der Waals surface area contributed by atoms with E-state index in [1.54, 1.807) is 0 Å². The lowest BCUT2D eigenvalue weighted by Gasteiger charge is -2.56. The molecule has 0 radical (unpaired) electrons. The third-order valence-electron chi connectivity index (χ3n) is 10.7. The molecule has 20 heteroatoms. The largest absolute Gasteiger partial charge is 0.460 e. The molecule has 2 saturated carbocycles. The maximum atomic E-state index is 15.1. The van der Waals surface area contributed by atoms with Gasteiger partial charge in [-0.05, 0) is 85.3 Å². The summed E-state index contributed by atoms with van der Waals surface area (Å²) in [6.45, 7) is 1.08. The van der Waals surface area contributed by atoms with Crippen molar-refractivity contribution in [1.82, 2.24) is 0 Å². The van der Waals surface area contributed by atoms with Gasteiger partial charge >= 0.3 is 45.5 Å². The molecule has 0 spiro atoms. The SMILES string of the molecule is C[C@]12C[C@H](c3ccc(OS(=O)(=O)C(F)(F)C(F)(F)C(F)(F)C(F)(F)F)cc3)C3=C4CCC(=O)C=C4CC[C@H]3[C@@H]1CC[C@@]2(O)C(F)(F)C(F)(F)F. The standard InChI is InChI=1S/C30H26F14O5S/c1-23-13-20(14-2-6-17(7-3-14)49-50(47,48)30(43,44)27(35,36)26(33,34)29(40,41)42)22-18-9-5-16(45)12-15(18)4-8-19(22)21(23)10-11-24(23,46)25(31,32)28(37,38)39/h2-3,6-7,12,19-21,46H,4-5,8-11,13H2,1H3/t19-,20+,21-,23-,24-/m0/s1. The van der Waals surface area contributed by atoms with E-state index in [1.165, 1.54) is 6.08 Å². The molecular weight excluding hydrogens is 738 g/mol. The number of benzene rings is 1. The molecule has 0 bridgehead atoms. The fourth-order valence-corrected chi connectivity index (χ4v) is 9.08. The van der Waals surface area contributed by atoms with Crippen LogP contribution in [-0.2, 0) is 14.9 Å². The van der Waals surface area contributed by atoms with Gasteiger partial charge in [-0.25, -0.2) is 0 Å². The van der Waals surface area contributed by atoms with E-state index < -0.39 is 92.9 Å². The summed E-state index contributed by atoms with van der Waals surface area (Å²) in [5.74, 6) is -24.9. The number of allylic oxidation sites excluding steroid dienone is 4. The van der Waals surface area contributed by atoms with Gasteiger partial charge in [0.25, 0.3) is 0 Å². The van der Waals surface area contributed by atoms with Crippen molar-refractivity contribution in [2.24, 2.45) is 17.3 Å². The number of hydrogen-bond donors (Lipinski definition) is 1. The maximum absolute atomic E-state index is 15.1. The second kappa shape index (κ2) is 11.3. The van der Waals surface area contributed by atoms with Crippen molar-refractivity contribution in [3.8, 4) is 5.75 Å². The first-order valence-electron chi connectivity index (χ1n) is 14.9. The van der Waals surface area contributed by atoms with E-state index in [0.29, 0.717) is 28.9 Å². The lowest BCUT2D eigenvalue weighted by molar-refractivity contribution is -0.382. The Kier molecular flexibility index (Phi) is 8.66. The zero-order chi connectivity index (χ0) is 37.9. The normalized spacial score (nSPS) is 30.0. The number of aliphatic hydroxyl groups is 1. The smallest absolute Gasteiger partial charge is 0.383 e. The van der Waals surface area contributed by atoms with Crippen LogP contribution in [0.3, 0.4) is 0 Å². The number of halogens is 14. The highest BCUT2D eigenvalue weighted by Gasteiger charge is 2.86. The summed E-state index contributed by atoms with van der Waals surface area (Å²) in [4.78, 5) is 12.2. The molecule has 5 rings (SSSR count). The molecule has 1 aromatic rings. The number of ketones is 1.